The maximum atomic E-state index is 11.7. The molecule has 2 atom stereocenters. The van der Waals surface area contributed by atoms with E-state index in [1.54, 1.807) is 0 Å². The Bertz CT molecular complexity index is 710. The second-order valence-corrected chi connectivity index (χ2v) is 6.49. The predicted octanol–water partition coefficient (Wildman–Crippen LogP) is 2.00. The minimum Gasteiger partial charge on any atom is -0.492 e. The Morgan fingerprint density at radius 2 is 2.04 bits per heavy atom. The zero-order valence-electron chi connectivity index (χ0n) is 12.2. The number of hydrogen-bond acceptors (Lipinski definition) is 7. The number of ether oxygens (including phenoxy) is 3. The van der Waals surface area contributed by atoms with Crippen LogP contribution in [0.5, 0.6) is 17.2 Å². The normalized spacial score (nSPS) is 21.7. The summed E-state index contributed by atoms with van der Waals surface area (Å²) in [5.41, 5.74) is 2.99. The van der Waals surface area contributed by atoms with Gasteiger partial charge in [-0.25, -0.2) is 5.84 Å². The fourth-order valence-corrected chi connectivity index (χ4v) is 4.29. The SMILES string of the molecule is COc1c(Br)c([C@@H]2ON=C(C(=O)NN)[C@H]2C)c(Br)c2c1OCO2. The molecule has 3 rings (SSSR count). The van der Waals surface area contributed by atoms with Crippen molar-refractivity contribution in [2.45, 2.75) is 13.0 Å². The van der Waals surface area contributed by atoms with E-state index in [1.807, 2.05) is 6.92 Å². The number of benzene rings is 1. The number of hydrazine groups is 1. The largest absolute Gasteiger partial charge is 0.492 e. The van der Waals surface area contributed by atoms with Crippen LogP contribution in [0, 0.1) is 5.92 Å². The van der Waals surface area contributed by atoms with Gasteiger partial charge in [-0.15, -0.1) is 0 Å². The van der Waals surface area contributed by atoms with Gasteiger partial charge in [0.2, 0.25) is 12.5 Å². The first-order valence-electron chi connectivity index (χ1n) is 6.60. The molecule has 0 unspecified atom stereocenters. The number of hydrogen-bond donors (Lipinski definition) is 2. The summed E-state index contributed by atoms with van der Waals surface area (Å²) in [7, 11) is 1.53. The lowest BCUT2D eigenvalue weighted by Crippen LogP contribution is -2.38. The zero-order chi connectivity index (χ0) is 16.7. The summed E-state index contributed by atoms with van der Waals surface area (Å²) < 4.78 is 17.6. The van der Waals surface area contributed by atoms with Crippen molar-refractivity contribution in [3.8, 4) is 17.2 Å². The number of carbonyl (C=O) groups is 1. The molecule has 2 heterocycles. The van der Waals surface area contributed by atoms with Crippen molar-refractivity contribution in [3.63, 3.8) is 0 Å². The molecular formula is C13H13Br2N3O5. The first-order valence-corrected chi connectivity index (χ1v) is 8.18. The summed E-state index contributed by atoms with van der Waals surface area (Å²) in [6.07, 6.45) is -0.519. The van der Waals surface area contributed by atoms with Crippen LogP contribution in [0.25, 0.3) is 0 Å². The molecule has 0 fully saturated rings. The monoisotopic (exact) mass is 449 g/mol. The van der Waals surface area contributed by atoms with E-state index in [9.17, 15) is 4.79 Å². The van der Waals surface area contributed by atoms with Crippen molar-refractivity contribution < 1.29 is 23.8 Å². The third-order valence-electron chi connectivity index (χ3n) is 3.69. The second-order valence-electron chi connectivity index (χ2n) is 4.90. The quantitative estimate of drug-likeness (QED) is 0.414. The Labute approximate surface area is 148 Å². The maximum Gasteiger partial charge on any atom is 0.283 e. The molecule has 0 aliphatic carbocycles. The number of nitrogens with one attached hydrogen (secondary N) is 1. The highest BCUT2D eigenvalue weighted by Crippen LogP contribution is 2.55. The van der Waals surface area contributed by atoms with Gasteiger partial charge in [0, 0.05) is 5.56 Å². The van der Waals surface area contributed by atoms with Crippen LogP contribution in [0.3, 0.4) is 0 Å². The van der Waals surface area contributed by atoms with Crippen molar-refractivity contribution >= 4 is 43.5 Å². The average molecular weight is 451 g/mol. The number of rotatable bonds is 3. The minimum atomic E-state index is -0.519. The van der Waals surface area contributed by atoms with Crippen LogP contribution in [-0.4, -0.2) is 25.5 Å². The Morgan fingerprint density at radius 1 is 1.35 bits per heavy atom. The van der Waals surface area contributed by atoms with Crippen molar-refractivity contribution in [2.24, 2.45) is 16.9 Å². The van der Waals surface area contributed by atoms with Crippen LogP contribution in [0.15, 0.2) is 14.1 Å². The third kappa shape index (κ3) is 2.45. The molecule has 0 spiro atoms. The van der Waals surface area contributed by atoms with Crippen LogP contribution in [-0.2, 0) is 9.63 Å². The molecule has 1 amide bonds. The molecule has 0 aromatic heterocycles. The highest BCUT2D eigenvalue weighted by atomic mass is 79.9. The Morgan fingerprint density at radius 3 is 2.70 bits per heavy atom. The Balaban J connectivity index is 2.07. The Kier molecular flexibility index (Phi) is 4.39. The molecule has 124 valence electrons. The van der Waals surface area contributed by atoms with Crippen molar-refractivity contribution in [3.05, 3.63) is 14.5 Å². The molecular weight excluding hydrogens is 438 g/mol. The molecule has 0 saturated heterocycles. The van der Waals surface area contributed by atoms with Gasteiger partial charge in [0.25, 0.3) is 5.91 Å². The van der Waals surface area contributed by atoms with Crippen LogP contribution in [0.2, 0.25) is 0 Å². The first kappa shape index (κ1) is 16.3. The topological polar surface area (TPSA) is 104 Å². The lowest BCUT2D eigenvalue weighted by Gasteiger charge is -2.20. The average Bonchev–Trinajstić information content (AvgIpc) is 3.15. The van der Waals surface area contributed by atoms with Crippen LogP contribution in [0.1, 0.15) is 18.6 Å². The molecule has 1 aromatic rings. The smallest absolute Gasteiger partial charge is 0.283 e. The second kappa shape index (κ2) is 6.17. The van der Waals surface area contributed by atoms with Gasteiger partial charge in [-0.2, -0.15) is 0 Å². The van der Waals surface area contributed by atoms with E-state index in [2.05, 4.69) is 42.4 Å². The molecule has 8 nitrogen and oxygen atoms in total. The van der Waals surface area contributed by atoms with Gasteiger partial charge < -0.3 is 19.0 Å². The van der Waals surface area contributed by atoms with Crippen LogP contribution >= 0.6 is 31.9 Å². The van der Waals surface area contributed by atoms with E-state index >= 15 is 0 Å². The zero-order valence-corrected chi connectivity index (χ0v) is 15.4. The van der Waals surface area contributed by atoms with E-state index < -0.39 is 12.0 Å². The lowest BCUT2D eigenvalue weighted by atomic mass is 9.93. The molecule has 0 bridgehead atoms. The van der Waals surface area contributed by atoms with E-state index in [1.165, 1.54) is 7.11 Å². The van der Waals surface area contributed by atoms with Crippen molar-refractivity contribution in [2.75, 3.05) is 13.9 Å². The molecule has 2 aliphatic heterocycles. The maximum absolute atomic E-state index is 11.7. The van der Waals surface area contributed by atoms with Crippen molar-refractivity contribution in [1.29, 1.82) is 0 Å². The van der Waals surface area contributed by atoms with Crippen molar-refractivity contribution in [1.82, 2.24) is 5.43 Å². The molecule has 2 aliphatic rings. The molecule has 1 aromatic carbocycles. The number of halogens is 2. The molecule has 3 N–H and O–H groups in total. The molecule has 23 heavy (non-hydrogen) atoms. The number of methoxy groups -OCH3 is 1. The Hall–Kier alpha value is -1.52. The van der Waals surface area contributed by atoms with Gasteiger partial charge in [0.1, 0.15) is 0 Å². The number of carbonyl (C=O) groups excluding carboxylic acids is 1. The minimum absolute atomic E-state index is 0.0958. The van der Waals surface area contributed by atoms with E-state index in [0.717, 1.165) is 0 Å². The molecule has 0 saturated carbocycles. The van der Waals surface area contributed by atoms with Gasteiger partial charge in [-0.3, -0.25) is 10.2 Å². The summed E-state index contributed by atoms with van der Waals surface area (Å²) in [6.45, 7) is 1.92. The first-order chi connectivity index (χ1) is 11.0. The van der Waals surface area contributed by atoms with Gasteiger partial charge >= 0.3 is 0 Å². The predicted molar refractivity (Wildman–Crippen MR) is 87.3 cm³/mol. The third-order valence-corrected chi connectivity index (χ3v) is 5.27. The van der Waals surface area contributed by atoms with E-state index in [-0.39, 0.29) is 18.4 Å². The van der Waals surface area contributed by atoms with E-state index in [4.69, 9.17) is 24.9 Å². The number of amides is 1. The summed E-state index contributed by atoms with van der Waals surface area (Å²) >= 11 is 7.02. The van der Waals surface area contributed by atoms with Gasteiger partial charge in [-0.05, 0) is 31.9 Å². The highest BCUT2D eigenvalue weighted by Gasteiger charge is 2.41. The summed E-state index contributed by atoms with van der Waals surface area (Å²) in [6, 6.07) is 0. The fourth-order valence-electron chi connectivity index (χ4n) is 2.54. The number of nitrogens with two attached hydrogens (primary N) is 1. The fraction of sp³-hybridized carbons (Fsp3) is 0.385. The highest BCUT2D eigenvalue weighted by molar-refractivity contribution is 9.11. The number of nitrogens with zero attached hydrogens (tertiary/aromatic N) is 1. The summed E-state index contributed by atoms with van der Waals surface area (Å²) in [5, 5.41) is 3.85. The van der Waals surface area contributed by atoms with Crippen LogP contribution < -0.4 is 25.5 Å². The summed E-state index contributed by atoms with van der Waals surface area (Å²) in [4.78, 5) is 17.2. The molecule has 0 radical (unpaired) electrons. The van der Waals surface area contributed by atoms with Gasteiger partial charge in [0.15, 0.2) is 23.3 Å². The standard InChI is InChI=1S/C13H13Br2N3O5/c1-4-8(13(19)17-16)18-23-9(4)5-6(14)10(20-2)12-11(7(5)15)21-3-22-12/h4,9H,3,16H2,1-2H3,(H,17,19)/t4-,9-/m1/s1. The van der Waals surface area contributed by atoms with Gasteiger partial charge in [0.05, 0.1) is 22.0 Å². The number of fused-ring (bicyclic) bond motifs is 1. The van der Waals surface area contributed by atoms with E-state index in [0.29, 0.717) is 31.8 Å². The van der Waals surface area contributed by atoms with Crippen LogP contribution in [0.4, 0.5) is 0 Å². The number of oxime groups is 1. The molecule has 10 heteroatoms. The summed E-state index contributed by atoms with van der Waals surface area (Å²) in [5.74, 6) is 5.87. The lowest BCUT2D eigenvalue weighted by molar-refractivity contribution is -0.115. The van der Waals surface area contributed by atoms with Gasteiger partial charge in [-0.1, -0.05) is 12.1 Å².